The molecule has 1 atom stereocenters. The Morgan fingerprint density at radius 2 is 2.24 bits per heavy atom. The molecule has 0 aliphatic rings. The van der Waals surface area contributed by atoms with E-state index in [1.807, 2.05) is 0 Å². The lowest BCUT2D eigenvalue weighted by atomic mass is 10.0. The molecule has 1 aromatic carbocycles. The molecule has 1 aromatic rings. The summed E-state index contributed by atoms with van der Waals surface area (Å²) in [6.45, 7) is 0. The van der Waals surface area contributed by atoms with Crippen LogP contribution in [0.1, 0.15) is 24.4 Å². The summed E-state index contributed by atoms with van der Waals surface area (Å²) in [7, 11) is 0. The van der Waals surface area contributed by atoms with Gasteiger partial charge in [-0.05, 0) is 29.6 Å². The highest BCUT2D eigenvalue weighted by Crippen LogP contribution is 2.31. The molecule has 17 heavy (non-hydrogen) atoms. The molecule has 0 fully saturated rings. The Bertz CT molecular complexity index is 473. The SMILES string of the molecule is [N-]=[N+]=NC(CCC(=O)O)c1ccc(Cl)cc1Cl. The van der Waals surface area contributed by atoms with E-state index >= 15 is 0 Å². The third-order valence-corrected chi connectivity index (χ3v) is 2.71. The van der Waals surface area contributed by atoms with Crippen molar-refractivity contribution in [2.45, 2.75) is 18.9 Å². The smallest absolute Gasteiger partial charge is 0.303 e. The fraction of sp³-hybridized carbons (Fsp3) is 0.300. The predicted molar refractivity (Wildman–Crippen MR) is 65.2 cm³/mol. The van der Waals surface area contributed by atoms with Crippen molar-refractivity contribution in [3.05, 3.63) is 44.3 Å². The van der Waals surface area contributed by atoms with Crippen LogP contribution < -0.4 is 0 Å². The molecule has 0 aromatic heterocycles. The average molecular weight is 274 g/mol. The van der Waals surface area contributed by atoms with Gasteiger partial charge >= 0.3 is 5.97 Å². The molecule has 1 unspecified atom stereocenters. The van der Waals surface area contributed by atoms with Crippen molar-refractivity contribution in [2.24, 2.45) is 5.11 Å². The number of benzene rings is 1. The van der Waals surface area contributed by atoms with E-state index in [1.54, 1.807) is 12.1 Å². The van der Waals surface area contributed by atoms with E-state index in [4.69, 9.17) is 33.8 Å². The van der Waals surface area contributed by atoms with Crippen molar-refractivity contribution in [3.63, 3.8) is 0 Å². The van der Waals surface area contributed by atoms with E-state index in [0.717, 1.165) is 0 Å². The van der Waals surface area contributed by atoms with Gasteiger partial charge in [-0.2, -0.15) is 0 Å². The fourth-order valence-electron chi connectivity index (χ4n) is 1.37. The molecule has 0 saturated heterocycles. The van der Waals surface area contributed by atoms with Gasteiger partial charge in [0.15, 0.2) is 0 Å². The minimum Gasteiger partial charge on any atom is -0.481 e. The summed E-state index contributed by atoms with van der Waals surface area (Å²) in [6, 6.07) is 4.18. The van der Waals surface area contributed by atoms with Crippen molar-refractivity contribution < 1.29 is 9.90 Å². The molecule has 0 aliphatic carbocycles. The fourth-order valence-corrected chi connectivity index (χ4v) is 1.90. The van der Waals surface area contributed by atoms with Gasteiger partial charge in [0.05, 0.1) is 6.04 Å². The Morgan fingerprint density at radius 1 is 1.53 bits per heavy atom. The summed E-state index contributed by atoms with van der Waals surface area (Å²) in [5.74, 6) is -0.951. The Morgan fingerprint density at radius 3 is 2.76 bits per heavy atom. The quantitative estimate of drug-likeness (QED) is 0.495. The highest BCUT2D eigenvalue weighted by Gasteiger charge is 2.15. The first-order chi connectivity index (χ1) is 8.04. The number of rotatable bonds is 5. The van der Waals surface area contributed by atoms with E-state index in [2.05, 4.69) is 10.0 Å². The third-order valence-electron chi connectivity index (χ3n) is 2.14. The zero-order valence-corrected chi connectivity index (χ0v) is 10.2. The Balaban J connectivity index is 2.96. The number of hydrogen-bond donors (Lipinski definition) is 1. The molecule has 0 bridgehead atoms. The van der Waals surface area contributed by atoms with E-state index in [-0.39, 0.29) is 12.8 Å². The predicted octanol–water partition coefficient (Wildman–Crippen LogP) is 4.21. The topological polar surface area (TPSA) is 86.1 Å². The lowest BCUT2D eigenvalue weighted by Crippen LogP contribution is -2.01. The summed E-state index contributed by atoms with van der Waals surface area (Å²) in [4.78, 5) is 13.2. The minimum atomic E-state index is -0.951. The number of azide groups is 1. The molecule has 0 aliphatic heterocycles. The van der Waals surface area contributed by atoms with Crippen LogP contribution in [0.5, 0.6) is 0 Å². The van der Waals surface area contributed by atoms with Crippen LogP contribution in [-0.2, 0) is 4.79 Å². The number of aliphatic carboxylic acids is 1. The molecule has 0 amide bonds. The van der Waals surface area contributed by atoms with Crippen molar-refractivity contribution >= 4 is 29.2 Å². The number of carbonyl (C=O) groups is 1. The molecule has 90 valence electrons. The largest absolute Gasteiger partial charge is 0.481 e. The van der Waals surface area contributed by atoms with Crippen molar-refractivity contribution in [3.8, 4) is 0 Å². The molecule has 0 heterocycles. The van der Waals surface area contributed by atoms with Crippen LogP contribution in [0.2, 0.25) is 10.0 Å². The molecule has 1 N–H and O–H groups in total. The molecular weight excluding hydrogens is 265 g/mol. The van der Waals surface area contributed by atoms with Gasteiger partial charge in [0, 0.05) is 21.4 Å². The van der Waals surface area contributed by atoms with Gasteiger partial charge in [0.2, 0.25) is 0 Å². The summed E-state index contributed by atoms with van der Waals surface area (Å²) >= 11 is 11.7. The maximum Gasteiger partial charge on any atom is 0.303 e. The zero-order valence-electron chi connectivity index (χ0n) is 8.68. The number of halogens is 2. The Hall–Kier alpha value is -1.42. The first kappa shape index (κ1) is 13.6. The van der Waals surface area contributed by atoms with E-state index < -0.39 is 12.0 Å². The van der Waals surface area contributed by atoms with Gasteiger partial charge < -0.3 is 5.11 Å². The molecule has 0 radical (unpaired) electrons. The highest BCUT2D eigenvalue weighted by molar-refractivity contribution is 6.35. The maximum absolute atomic E-state index is 10.5. The van der Waals surface area contributed by atoms with Crippen LogP contribution in [0.3, 0.4) is 0 Å². The normalized spacial score (nSPS) is 11.6. The number of hydrogen-bond acceptors (Lipinski definition) is 2. The zero-order chi connectivity index (χ0) is 12.8. The summed E-state index contributed by atoms with van der Waals surface area (Å²) in [6.07, 6.45) is 0.101. The number of carboxylic acids is 1. The van der Waals surface area contributed by atoms with Crippen LogP contribution in [0.25, 0.3) is 10.4 Å². The third kappa shape index (κ3) is 4.15. The summed E-state index contributed by atoms with van der Waals surface area (Å²) in [5, 5.41) is 13.0. The Kier molecular flexibility index (Phi) is 5.10. The highest BCUT2D eigenvalue weighted by atomic mass is 35.5. The second-order valence-corrected chi connectivity index (χ2v) is 4.16. The van der Waals surface area contributed by atoms with Gasteiger partial charge in [0.1, 0.15) is 0 Å². The monoisotopic (exact) mass is 273 g/mol. The number of nitrogens with zero attached hydrogens (tertiary/aromatic N) is 3. The van der Waals surface area contributed by atoms with Gasteiger partial charge in [-0.1, -0.05) is 34.4 Å². The van der Waals surface area contributed by atoms with Gasteiger partial charge in [-0.25, -0.2) is 0 Å². The van der Waals surface area contributed by atoms with Crippen LogP contribution >= 0.6 is 23.2 Å². The van der Waals surface area contributed by atoms with Crippen molar-refractivity contribution in [1.82, 2.24) is 0 Å². The lowest BCUT2D eigenvalue weighted by molar-refractivity contribution is -0.137. The van der Waals surface area contributed by atoms with Crippen molar-refractivity contribution in [1.29, 1.82) is 0 Å². The lowest BCUT2D eigenvalue weighted by Gasteiger charge is -2.12. The first-order valence-electron chi connectivity index (χ1n) is 4.75. The van der Waals surface area contributed by atoms with Gasteiger partial charge in [0.25, 0.3) is 0 Å². The second-order valence-electron chi connectivity index (χ2n) is 3.32. The van der Waals surface area contributed by atoms with Crippen molar-refractivity contribution in [2.75, 3.05) is 0 Å². The maximum atomic E-state index is 10.5. The minimum absolute atomic E-state index is 0.0946. The van der Waals surface area contributed by atoms with Crippen LogP contribution in [0.15, 0.2) is 23.3 Å². The molecule has 1 rings (SSSR count). The molecule has 5 nitrogen and oxygen atoms in total. The van der Waals surface area contributed by atoms with E-state index in [1.165, 1.54) is 6.07 Å². The number of carboxylic acid groups (broad SMARTS) is 1. The Labute approximate surface area is 108 Å². The summed E-state index contributed by atoms with van der Waals surface area (Å²) < 4.78 is 0. The second kappa shape index (κ2) is 6.35. The molecule has 0 saturated carbocycles. The molecule has 0 spiro atoms. The van der Waals surface area contributed by atoms with Crippen LogP contribution in [0, 0.1) is 0 Å². The van der Waals surface area contributed by atoms with E-state index in [9.17, 15) is 4.79 Å². The van der Waals surface area contributed by atoms with Gasteiger partial charge in [-0.3, -0.25) is 4.79 Å². The molecular formula is C10H9Cl2N3O2. The van der Waals surface area contributed by atoms with Crippen LogP contribution in [-0.4, -0.2) is 11.1 Å². The van der Waals surface area contributed by atoms with Gasteiger partial charge in [-0.15, -0.1) is 0 Å². The first-order valence-corrected chi connectivity index (χ1v) is 5.51. The average Bonchev–Trinajstić information content (AvgIpc) is 2.24. The summed E-state index contributed by atoms with van der Waals surface area (Å²) in [5.41, 5.74) is 9.03. The van der Waals surface area contributed by atoms with Crippen LogP contribution in [0.4, 0.5) is 0 Å². The van der Waals surface area contributed by atoms with E-state index in [0.29, 0.717) is 15.6 Å². The molecule has 7 heteroatoms. The standard InChI is InChI=1S/C10H9Cl2N3O2/c11-6-1-2-7(8(12)5-6)9(14-15-13)3-4-10(16)17/h1-2,5,9H,3-4H2,(H,16,17).